The molecule has 0 fully saturated rings. The van der Waals surface area contributed by atoms with Crippen LogP contribution in [0.3, 0.4) is 0 Å². The van der Waals surface area contributed by atoms with E-state index in [0.29, 0.717) is 12.0 Å². The van der Waals surface area contributed by atoms with E-state index in [-0.39, 0.29) is 13.0 Å². The Morgan fingerprint density at radius 2 is 1.57 bits per heavy atom. The monoisotopic (exact) mass is 407 g/mol. The Labute approximate surface area is 164 Å². The van der Waals surface area contributed by atoms with Crippen molar-refractivity contribution in [1.29, 1.82) is 0 Å². The lowest BCUT2D eigenvalue weighted by Gasteiger charge is -2.25. The minimum atomic E-state index is -3.72. The number of aliphatic hydroxyl groups is 2. The van der Waals surface area contributed by atoms with Gasteiger partial charge in [0.1, 0.15) is 10.9 Å². The van der Waals surface area contributed by atoms with Crippen molar-refractivity contribution in [1.82, 2.24) is 5.48 Å². The van der Waals surface area contributed by atoms with Crippen LogP contribution in [0.5, 0.6) is 0 Å². The van der Waals surface area contributed by atoms with Crippen molar-refractivity contribution in [2.24, 2.45) is 0 Å². The summed E-state index contributed by atoms with van der Waals surface area (Å²) in [4.78, 5) is 11.9. The SMILES string of the molecule is CC(CCc1ccc(-c2ccc(C(O)CO)cc2)cc1)(C(=O)NO)S(C)(=O)=O. The van der Waals surface area contributed by atoms with Gasteiger partial charge in [-0.1, -0.05) is 48.5 Å². The molecule has 0 saturated carbocycles. The van der Waals surface area contributed by atoms with E-state index >= 15 is 0 Å². The van der Waals surface area contributed by atoms with Gasteiger partial charge in [-0.25, -0.2) is 13.9 Å². The largest absolute Gasteiger partial charge is 0.393 e. The molecule has 0 aromatic heterocycles. The molecule has 2 aromatic carbocycles. The number of rotatable bonds is 8. The smallest absolute Gasteiger partial charge is 0.264 e. The summed E-state index contributed by atoms with van der Waals surface area (Å²) in [5.74, 6) is -0.947. The lowest BCUT2D eigenvalue weighted by Crippen LogP contribution is -2.49. The van der Waals surface area contributed by atoms with Crippen molar-refractivity contribution in [2.75, 3.05) is 12.9 Å². The number of hydrogen-bond donors (Lipinski definition) is 4. The maximum Gasteiger partial charge on any atom is 0.264 e. The first kappa shape index (κ1) is 22.0. The molecule has 8 heteroatoms. The summed E-state index contributed by atoms with van der Waals surface area (Å²) in [5.41, 5.74) is 4.80. The third-order valence-electron chi connectivity index (χ3n) is 5.05. The van der Waals surface area contributed by atoms with Crippen LogP contribution < -0.4 is 5.48 Å². The van der Waals surface area contributed by atoms with Crippen LogP contribution in [0, 0.1) is 0 Å². The molecule has 28 heavy (non-hydrogen) atoms. The number of aryl methyl sites for hydroxylation is 1. The summed E-state index contributed by atoms with van der Waals surface area (Å²) in [6.45, 7) is 0.958. The van der Waals surface area contributed by atoms with Crippen molar-refractivity contribution in [3.05, 3.63) is 59.7 Å². The average molecular weight is 407 g/mol. The molecule has 0 aliphatic carbocycles. The zero-order valence-corrected chi connectivity index (χ0v) is 16.6. The van der Waals surface area contributed by atoms with E-state index in [4.69, 9.17) is 10.3 Å². The fraction of sp³-hybridized carbons (Fsp3) is 0.350. The minimum Gasteiger partial charge on any atom is -0.393 e. The van der Waals surface area contributed by atoms with E-state index in [9.17, 15) is 18.3 Å². The van der Waals surface area contributed by atoms with Gasteiger partial charge in [0.25, 0.3) is 5.91 Å². The van der Waals surface area contributed by atoms with E-state index in [1.807, 2.05) is 36.4 Å². The first-order valence-electron chi connectivity index (χ1n) is 8.74. The molecule has 0 spiro atoms. The number of sulfone groups is 1. The van der Waals surface area contributed by atoms with Crippen LogP contribution in [-0.2, 0) is 21.1 Å². The van der Waals surface area contributed by atoms with Gasteiger partial charge in [-0.05, 0) is 42.0 Å². The first-order valence-corrected chi connectivity index (χ1v) is 10.6. The van der Waals surface area contributed by atoms with E-state index in [0.717, 1.165) is 22.9 Å². The number of hydrogen-bond acceptors (Lipinski definition) is 6. The Morgan fingerprint density at radius 1 is 1.07 bits per heavy atom. The van der Waals surface area contributed by atoms with Crippen LogP contribution in [0.15, 0.2) is 48.5 Å². The molecule has 0 aliphatic rings. The zero-order valence-electron chi connectivity index (χ0n) is 15.8. The number of carbonyl (C=O) groups is 1. The van der Waals surface area contributed by atoms with Gasteiger partial charge in [-0.15, -0.1) is 0 Å². The third kappa shape index (κ3) is 4.77. The van der Waals surface area contributed by atoms with E-state index < -0.39 is 26.6 Å². The van der Waals surface area contributed by atoms with Gasteiger partial charge < -0.3 is 10.2 Å². The maximum absolute atomic E-state index is 12.0. The Bertz CT molecular complexity index is 909. The van der Waals surface area contributed by atoms with Crippen molar-refractivity contribution in [3.63, 3.8) is 0 Å². The molecule has 4 N–H and O–H groups in total. The van der Waals surface area contributed by atoms with Gasteiger partial charge in [-0.2, -0.15) is 0 Å². The van der Waals surface area contributed by atoms with Crippen molar-refractivity contribution < 1.29 is 28.6 Å². The molecule has 152 valence electrons. The fourth-order valence-electron chi connectivity index (χ4n) is 2.84. The summed E-state index contributed by atoms with van der Waals surface area (Å²) in [6.07, 6.45) is 0.448. The molecule has 0 bridgehead atoms. The molecule has 7 nitrogen and oxygen atoms in total. The summed E-state index contributed by atoms with van der Waals surface area (Å²) >= 11 is 0. The van der Waals surface area contributed by atoms with Gasteiger partial charge >= 0.3 is 0 Å². The highest BCUT2D eigenvalue weighted by Gasteiger charge is 2.43. The van der Waals surface area contributed by atoms with E-state index in [1.165, 1.54) is 12.4 Å². The number of hydroxylamine groups is 1. The summed E-state index contributed by atoms with van der Waals surface area (Å²) < 4.78 is 22.3. The molecule has 2 rings (SSSR count). The number of nitrogens with one attached hydrogen (secondary N) is 1. The van der Waals surface area contributed by atoms with E-state index in [2.05, 4.69) is 0 Å². The van der Waals surface area contributed by atoms with Crippen LogP contribution in [0.1, 0.15) is 30.6 Å². The minimum absolute atomic E-state index is 0.0331. The normalized spacial score (nSPS) is 14.9. The van der Waals surface area contributed by atoms with E-state index in [1.54, 1.807) is 12.1 Å². The second-order valence-corrected chi connectivity index (χ2v) is 9.41. The van der Waals surface area contributed by atoms with Gasteiger partial charge in [0.2, 0.25) is 0 Å². The van der Waals surface area contributed by atoms with Crippen LogP contribution in [0.25, 0.3) is 11.1 Å². The molecule has 2 atom stereocenters. The topological polar surface area (TPSA) is 124 Å². The highest BCUT2D eigenvalue weighted by Crippen LogP contribution is 2.26. The second kappa shape index (κ2) is 8.83. The standard InChI is InChI=1S/C20H25NO6S/c1-20(19(24)21-25,28(2,26)27)12-11-14-3-5-15(6-4-14)16-7-9-17(10-8-16)18(23)13-22/h3-10,18,22-23,25H,11-13H2,1-2H3,(H,21,24). The summed E-state index contributed by atoms with van der Waals surface area (Å²) in [7, 11) is -3.72. The first-order chi connectivity index (χ1) is 13.1. The highest BCUT2D eigenvalue weighted by molar-refractivity contribution is 7.92. The lowest BCUT2D eigenvalue weighted by molar-refractivity contribution is -0.131. The fourth-order valence-corrected chi connectivity index (χ4v) is 3.69. The second-order valence-electron chi connectivity index (χ2n) is 6.96. The molecular weight excluding hydrogens is 382 g/mol. The number of carbonyl (C=O) groups excluding carboxylic acids is 1. The zero-order chi connectivity index (χ0) is 20.9. The molecular formula is C20H25NO6S. The molecule has 2 unspecified atom stereocenters. The Balaban J connectivity index is 2.13. The predicted molar refractivity (Wildman–Crippen MR) is 105 cm³/mol. The Morgan fingerprint density at radius 3 is 2.00 bits per heavy atom. The molecule has 0 heterocycles. The van der Waals surface area contributed by atoms with Crippen LogP contribution in [-0.4, -0.2) is 47.4 Å². The van der Waals surface area contributed by atoms with Crippen LogP contribution >= 0.6 is 0 Å². The number of aliphatic hydroxyl groups excluding tert-OH is 2. The van der Waals surface area contributed by atoms with Crippen LogP contribution in [0.2, 0.25) is 0 Å². The van der Waals surface area contributed by atoms with Gasteiger partial charge in [-0.3, -0.25) is 10.0 Å². The van der Waals surface area contributed by atoms with Crippen molar-refractivity contribution in [3.8, 4) is 11.1 Å². The molecule has 0 saturated heterocycles. The molecule has 0 aliphatic heterocycles. The highest BCUT2D eigenvalue weighted by atomic mass is 32.2. The Hall–Kier alpha value is -2.26. The molecule has 0 radical (unpaired) electrons. The quantitative estimate of drug-likeness (QED) is 0.389. The third-order valence-corrected chi connectivity index (χ3v) is 7.07. The van der Waals surface area contributed by atoms with Crippen molar-refractivity contribution >= 4 is 15.7 Å². The molecule has 2 aromatic rings. The summed E-state index contributed by atoms with van der Waals surface area (Å²) in [5, 5.41) is 27.5. The average Bonchev–Trinajstić information content (AvgIpc) is 2.70. The van der Waals surface area contributed by atoms with Gasteiger partial charge in [0.15, 0.2) is 9.84 Å². The van der Waals surface area contributed by atoms with Gasteiger partial charge in [0, 0.05) is 6.26 Å². The number of amides is 1. The number of benzene rings is 2. The molecule has 1 amide bonds. The maximum atomic E-state index is 12.0. The Kier molecular flexibility index (Phi) is 6.95. The van der Waals surface area contributed by atoms with Crippen LogP contribution in [0.4, 0.5) is 0 Å². The van der Waals surface area contributed by atoms with Crippen molar-refractivity contribution in [2.45, 2.75) is 30.6 Å². The summed E-state index contributed by atoms with van der Waals surface area (Å²) in [6, 6.07) is 14.7. The lowest BCUT2D eigenvalue weighted by atomic mass is 9.97. The van der Waals surface area contributed by atoms with Gasteiger partial charge in [0.05, 0.1) is 6.61 Å². The predicted octanol–water partition coefficient (Wildman–Crippen LogP) is 1.62.